The second-order valence-corrected chi connectivity index (χ2v) is 9.10. The van der Waals surface area contributed by atoms with Gasteiger partial charge in [-0.15, -0.1) is 0 Å². The average molecular weight is 462 g/mol. The van der Waals surface area contributed by atoms with Crippen LogP contribution in [-0.4, -0.2) is 42.0 Å². The van der Waals surface area contributed by atoms with Gasteiger partial charge in [0.15, 0.2) is 5.58 Å². The van der Waals surface area contributed by atoms with Crippen LogP contribution in [0, 0.1) is 12.7 Å². The molecule has 1 aliphatic rings. The summed E-state index contributed by atoms with van der Waals surface area (Å²) in [5, 5.41) is 0.622. The molecule has 0 radical (unpaired) electrons. The predicted octanol–water partition coefficient (Wildman–Crippen LogP) is 5.53. The van der Waals surface area contributed by atoms with Gasteiger partial charge >= 0.3 is 0 Å². The van der Waals surface area contributed by atoms with E-state index < -0.39 is 0 Å². The van der Waals surface area contributed by atoms with Gasteiger partial charge in [0, 0.05) is 37.5 Å². The summed E-state index contributed by atoms with van der Waals surface area (Å²) in [4.78, 5) is 21.5. The van der Waals surface area contributed by atoms with Crippen molar-refractivity contribution in [1.29, 1.82) is 0 Å². The van der Waals surface area contributed by atoms with Crippen LogP contribution in [-0.2, 0) is 5.75 Å². The molecule has 0 bridgehead atoms. The summed E-state index contributed by atoms with van der Waals surface area (Å²) in [6.45, 7) is 4.38. The first-order chi connectivity index (χ1) is 16.1. The number of aromatic nitrogens is 1. The third kappa shape index (κ3) is 4.73. The van der Waals surface area contributed by atoms with Crippen molar-refractivity contribution in [2.75, 3.05) is 31.1 Å². The first kappa shape index (κ1) is 21.5. The van der Waals surface area contributed by atoms with Crippen molar-refractivity contribution in [2.24, 2.45) is 0 Å². The number of nitrogens with zero attached hydrogens (tertiary/aromatic N) is 3. The maximum absolute atomic E-state index is 14.1. The molecule has 0 spiro atoms. The standard InChI is InChI=1S/C26H24FN3O2S/c1-18-9-10-24-22(15-18)28-26(32-24)33-17-19-5-4-6-20(16-19)25(31)30-13-11-29(12-14-30)23-8-3-2-7-21(23)27/h2-10,15-16H,11-14,17H2,1H3. The molecule has 4 aromatic rings. The van der Waals surface area contributed by atoms with Crippen molar-refractivity contribution in [1.82, 2.24) is 9.88 Å². The number of fused-ring (bicyclic) bond motifs is 1. The molecule has 0 unspecified atom stereocenters. The Labute approximate surface area is 196 Å². The normalized spacial score (nSPS) is 14.1. The summed E-state index contributed by atoms with van der Waals surface area (Å²) in [6, 6.07) is 20.4. The van der Waals surface area contributed by atoms with E-state index in [1.54, 1.807) is 12.1 Å². The Hall–Kier alpha value is -3.32. The van der Waals surface area contributed by atoms with Crippen molar-refractivity contribution < 1.29 is 13.6 Å². The third-order valence-corrected chi connectivity index (χ3v) is 6.72. The van der Waals surface area contributed by atoms with Crippen LogP contribution >= 0.6 is 11.8 Å². The number of hydrogen-bond donors (Lipinski definition) is 0. The molecule has 1 saturated heterocycles. The van der Waals surface area contributed by atoms with Gasteiger partial charge in [0.05, 0.1) is 5.69 Å². The van der Waals surface area contributed by atoms with Gasteiger partial charge in [-0.1, -0.05) is 42.1 Å². The number of thioether (sulfide) groups is 1. The van der Waals surface area contributed by atoms with E-state index in [0.717, 1.165) is 22.2 Å². The highest BCUT2D eigenvalue weighted by atomic mass is 32.2. The number of rotatable bonds is 5. The highest BCUT2D eigenvalue weighted by Crippen LogP contribution is 2.27. The van der Waals surface area contributed by atoms with E-state index in [2.05, 4.69) is 4.98 Å². The zero-order valence-electron chi connectivity index (χ0n) is 18.3. The Morgan fingerprint density at radius 1 is 1.03 bits per heavy atom. The second kappa shape index (κ2) is 9.27. The Balaban J connectivity index is 1.21. The fourth-order valence-corrected chi connectivity index (χ4v) is 4.84. The van der Waals surface area contributed by atoms with E-state index in [9.17, 15) is 9.18 Å². The van der Waals surface area contributed by atoms with Crippen LogP contribution in [0.2, 0.25) is 0 Å². The molecule has 1 amide bonds. The smallest absolute Gasteiger partial charge is 0.257 e. The zero-order chi connectivity index (χ0) is 22.8. The molecule has 0 saturated carbocycles. The number of piperazine rings is 1. The number of carbonyl (C=O) groups excluding carboxylic acids is 1. The molecule has 7 heteroatoms. The maximum Gasteiger partial charge on any atom is 0.257 e. The number of hydrogen-bond acceptors (Lipinski definition) is 5. The lowest BCUT2D eigenvalue weighted by molar-refractivity contribution is 0.0746. The second-order valence-electron chi connectivity index (χ2n) is 8.17. The molecule has 5 nitrogen and oxygen atoms in total. The fourth-order valence-electron chi connectivity index (χ4n) is 4.06. The number of carbonyl (C=O) groups is 1. The molecule has 1 fully saturated rings. The van der Waals surface area contributed by atoms with Crippen LogP contribution < -0.4 is 4.90 Å². The van der Waals surface area contributed by atoms with Crippen LogP contribution in [0.5, 0.6) is 0 Å². The Kier molecular flexibility index (Phi) is 6.05. The van der Waals surface area contributed by atoms with Gasteiger partial charge in [0.25, 0.3) is 11.1 Å². The van der Waals surface area contributed by atoms with Crippen LogP contribution in [0.3, 0.4) is 0 Å². The molecule has 33 heavy (non-hydrogen) atoms. The van der Waals surface area contributed by atoms with Gasteiger partial charge in [-0.2, -0.15) is 0 Å². The van der Waals surface area contributed by atoms with Gasteiger partial charge in [-0.25, -0.2) is 9.37 Å². The summed E-state index contributed by atoms with van der Waals surface area (Å²) in [6.07, 6.45) is 0. The lowest BCUT2D eigenvalue weighted by Gasteiger charge is -2.36. The van der Waals surface area contributed by atoms with Crippen LogP contribution in [0.1, 0.15) is 21.5 Å². The minimum Gasteiger partial charge on any atom is -0.431 e. The average Bonchev–Trinajstić information content (AvgIpc) is 3.25. The molecule has 3 aromatic carbocycles. The van der Waals surface area contributed by atoms with Crippen LogP contribution in [0.15, 0.2) is 76.4 Å². The minimum atomic E-state index is -0.225. The fraction of sp³-hybridized carbons (Fsp3) is 0.231. The van der Waals surface area contributed by atoms with Crippen LogP contribution in [0.25, 0.3) is 11.1 Å². The molecule has 168 valence electrons. The van der Waals surface area contributed by atoms with Crippen molar-refractivity contribution in [3.8, 4) is 0 Å². The van der Waals surface area contributed by atoms with E-state index in [1.165, 1.54) is 17.8 Å². The number of benzene rings is 3. The van der Waals surface area contributed by atoms with Gasteiger partial charge in [-0.3, -0.25) is 4.79 Å². The number of halogens is 1. The highest BCUT2D eigenvalue weighted by molar-refractivity contribution is 7.98. The van der Waals surface area contributed by atoms with Gasteiger partial charge < -0.3 is 14.2 Å². The zero-order valence-corrected chi connectivity index (χ0v) is 19.1. The summed E-state index contributed by atoms with van der Waals surface area (Å²) in [7, 11) is 0. The van der Waals surface area contributed by atoms with Gasteiger partial charge in [0.1, 0.15) is 11.3 Å². The lowest BCUT2D eigenvalue weighted by Crippen LogP contribution is -2.49. The van der Waals surface area contributed by atoms with E-state index in [0.29, 0.717) is 48.4 Å². The lowest BCUT2D eigenvalue weighted by atomic mass is 10.1. The predicted molar refractivity (Wildman–Crippen MR) is 129 cm³/mol. The maximum atomic E-state index is 14.1. The van der Waals surface area contributed by atoms with Crippen molar-refractivity contribution in [3.05, 3.63) is 89.2 Å². The molecule has 0 aliphatic carbocycles. The quantitative estimate of drug-likeness (QED) is 0.366. The monoisotopic (exact) mass is 461 g/mol. The number of oxazole rings is 1. The first-order valence-electron chi connectivity index (χ1n) is 10.9. The largest absolute Gasteiger partial charge is 0.431 e. The topological polar surface area (TPSA) is 49.6 Å². The Morgan fingerprint density at radius 2 is 1.85 bits per heavy atom. The van der Waals surface area contributed by atoms with E-state index >= 15 is 0 Å². The third-order valence-electron chi connectivity index (χ3n) is 5.82. The number of aryl methyl sites for hydroxylation is 1. The van der Waals surface area contributed by atoms with E-state index in [-0.39, 0.29) is 11.7 Å². The number of amides is 1. The molecular formula is C26H24FN3O2S. The summed E-state index contributed by atoms with van der Waals surface area (Å²) >= 11 is 1.52. The van der Waals surface area contributed by atoms with Crippen molar-refractivity contribution >= 4 is 34.5 Å². The Morgan fingerprint density at radius 3 is 2.67 bits per heavy atom. The van der Waals surface area contributed by atoms with E-state index in [4.69, 9.17) is 4.42 Å². The van der Waals surface area contributed by atoms with Gasteiger partial charge in [0.2, 0.25) is 0 Å². The molecule has 1 aliphatic heterocycles. The van der Waals surface area contributed by atoms with E-state index in [1.807, 2.05) is 65.3 Å². The molecule has 0 atom stereocenters. The molecule has 2 heterocycles. The SMILES string of the molecule is Cc1ccc2oc(SCc3cccc(C(=O)N4CCN(c5ccccc5F)CC4)c3)nc2c1. The number of anilines is 1. The summed E-state index contributed by atoms with van der Waals surface area (Å²) < 4.78 is 19.9. The Bertz CT molecular complexity index is 1300. The molecule has 5 rings (SSSR count). The number of para-hydroxylation sites is 1. The first-order valence-corrected chi connectivity index (χ1v) is 11.9. The highest BCUT2D eigenvalue weighted by Gasteiger charge is 2.23. The van der Waals surface area contributed by atoms with Crippen molar-refractivity contribution in [3.63, 3.8) is 0 Å². The van der Waals surface area contributed by atoms with Crippen LogP contribution in [0.4, 0.5) is 10.1 Å². The van der Waals surface area contributed by atoms with Gasteiger partial charge in [-0.05, 0) is 54.4 Å². The van der Waals surface area contributed by atoms with Crippen molar-refractivity contribution in [2.45, 2.75) is 17.9 Å². The molecular weight excluding hydrogens is 437 g/mol. The molecule has 0 N–H and O–H groups in total. The summed E-state index contributed by atoms with van der Waals surface area (Å²) in [5.41, 5.74) is 5.08. The molecule has 1 aromatic heterocycles. The minimum absolute atomic E-state index is 0.00682. The summed E-state index contributed by atoms with van der Waals surface area (Å²) in [5.74, 6) is 0.442.